The van der Waals surface area contributed by atoms with Crippen LogP contribution in [0.3, 0.4) is 0 Å². The molecule has 0 bridgehead atoms. The van der Waals surface area contributed by atoms with Crippen LogP contribution in [0.25, 0.3) is 11.5 Å². The van der Waals surface area contributed by atoms with Crippen molar-refractivity contribution in [1.29, 1.82) is 0 Å². The van der Waals surface area contributed by atoms with Crippen LogP contribution in [-0.2, 0) is 11.2 Å². The van der Waals surface area contributed by atoms with Crippen molar-refractivity contribution in [2.24, 2.45) is 5.41 Å². The Kier molecular flexibility index (Phi) is 4.57. The monoisotopic (exact) mass is 309 g/mol. The number of hydrogen-bond acceptors (Lipinski definition) is 5. The van der Waals surface area contributed by atoms with Crippen LogP contribution in [0.4, 0.5) is 0 Å². The van der Waals surface area contributed by atoms with E-state index < -0.39 is 11.4 Å². The fourth-order valence-corrected chi connectivity index (χ4v) is 2.35. The molecule has 112 valence electrons. The molecule has 2 aromatic heterocycles. The molecule has 1 N–H and O–H groups in total. The van der Waals surface area contributed by atoms with Crippen LogP contribution in [0, 0.1) is 5.41 Å². The zero-order valence-electron chi connectivity index (χ0n) is 11.8. The molecule has 0 fully saturated rings. The summed E-state index contributed by atoms with van der Waals surface area (Å²) >= 11 is 6.03. The van der Waals surface area contributed by atoms with Crippen molar-refractivity contribution in [3.63, 3.8) is 0 Å². The fourth-order valence-electron chi connectivity index (χ4n) is 2.14. The van der Waals surface area contributed by atoms with Crippen LogP contribution in [-0.4, -0.2) is 26.2 Å². The second-order valence-electron chi connectivity index (χ2n) is 4.81. The lowest BCUT2D eigenvalue weighted by Crippen LogP contribution is -2.32. The van der Waals surface area contributed by atoms with Crippen molar-refractivity contribution in [1.82, 2.24) is 15.1 Å². The Bertz CT molecular complexity index is 638. The first-order valence-corrected chi connectivity index (χ1v) is 7.07. The first-order valence-electron chi connectivity index (χ1n) is 6.69. The zero-order valence-corrected chi connectivity index (χ0v) is 12.6. The fraction of sp³-hybridized carbons (Fsp3) is 0.429. The van der Waals surface area contributed by atoms with E-state index in [-0.39, 0.29) is 18.1 Å². The van der Waals surface area contributed by atoms with E-state index in [4.69, 9.17) is 16.1 Å². The van der Waals surface area contributed by atoms with Gasteiger partial charge in [0.1, 0.15) is 5.69 Å². The molecule has 7 heteroatoms. The van der Waals surface area contributed by atoms with Crippen LogP contribution in [0.15, 0.2) is 22.9 Å². The third-order valence-corrected chi connectivity index (χ3v) is 4.04. The Morgan fingerprint density at radius 2 is 2.14 bits per heavy atom. The third-order valence-electron chi connectivity index (χ3n) is 3.74. The minimum atomic E-state index is -0.891. The van der Waals surface area contributed by atoms with Gasteiger partial charge in [-0.3, -0.25) is 9.78 Å². The van der Waals surface area contributed by atoms with Gasteiger partial charge in [-0.05, 0) is 25.0 Å². The van der Waals surface area contributed by atoms with E-state index in [9.17, 15) is 9.90 Å². The molecule has 0 saturated heterocycles. The van der Waals surface area contributed by atoms with E-state index >= 15 is 0 Å². The van der Waals surface area contributed by atoms with E-state index in [0.717, 1.165) is 0 Å². The molecule has 0 aliphatic rings. The third kappa shape index (κ3) is 3.05. The summed E-state index contributed by atoms with van der Waals surface area (Å²) in [5.41, 5.74) is -0.472. The van der Waals surface area contributed by atoms with Crippen LogP contribution < -0.4 is 0 Å². The predicted molar refractivity (Wildman–Crippen MR) is 76.9 cm³/mol. The summed E-state index contributed by atoms with van der Waals surface area (Å²) in [7, 11) is 0. The molecule has 0 spiro atoms. The maximum absolute atomic E-state index is 11.5. The number of pyridine rings is 1. The molecule has 0 unspecified atom stereocenters. The van der Waals surface area contributed by atoms with Gasteiger partial charge in [0.25, 0.3) is 0 Å². The molecule has 0 saturated carbocycles. The van der Waals surface area contributed by atoms with Gasteiger partial charge in [0.2, 0.25) is 11.7 Å². The highest BCUT2D eigenvalue weighted by Crippen LogP contribution is 2.31. The molecule has 6 nitrogen and oxygen atoms in total. The molecular weight excluding hydrogens is 294 g/mol. The molecule has 0 atom stereocenters. The number of nitrogens with zero attached hydrogens (tertiary/aromatic N) is 3. The SMILES string of the molecule is CCC(CC)(Cc1nc(-c2ncccc2Cl)no1)C(=O)O. The van der Waals surface area contributed by atoms with E-state index in [0.29, 0.717) is 23.6 Å². The first-order chi connectivity index (χ1) is 10.0. The zero-order chi connectivity index (χ0) is 15.5. The Balaban J connectivity index is 2.28. The number of carboxylic acid groups (broad SMARTS) is 1. The average molecular weight is 310 g/mol. The molecule has 0 aromatic carbocycles. The summed E-state index contributed by atoms with van der Waals surface area (Å²) in [5.74, 6) is -0.317. The molecule has 0 aliphatic heterocycles. The van der Waals surface area contributed by atoms with Gasteiger partial charge in [-0.25, -0.2) is 0 Å². The van der Waals surface area contributed by atoms with Crippen LogP contribution in [0.1, 0.15) is 32.6 Å². The van der Waals surface area contributed by atoms with Gasteiger partial charge in [0, 0.05) is 12.6 Å². The lowest BCUT2D eigenvalue weighted by Gasteiger charge is -2.24. The largest absolute Gasteiger partial charge is 0.481 e. The van der Waals surface area contributed by atoms with E-state index in [1.165, 1.54) is 0 Å². The van der Waals surface area contributed by atoms with Crippen molar-refractivity contribution in [3.8, 4) is 11.5 Å². The lowest BCUT2D eigenvalue weighted by atomic mass is 9.79. The average Bonchev–Trinajstić information content (AvgIpc) is 2.93. The van der Waals surface area contributed by atoms with Gasteiger partial charge in [0.05, 0.1) is 10.4 Å². The normalized spacial score (nSPS) is 11.6. The number of hydrogen-bond donors (Lipinski definition) is 1. The Labute approximate surface area is 127 Å². The number of aromatic nitrogens is 3. The maximum Gasteiger partial charge on any atom is 0.310 e. The number of rotatable bonds is 6. The van der Waals surface area contributed by atoms with E-state index in [1.54, 1.807) is 18.3 Å². The van der Waals surface area contributed by atoms with Gasteiger partial charge in [0.15, 0.2) is 0 Å². The minimum Gasteiger partial charge on any atom is -0.481 e. The second kappa shape index (κ2) is 6.22. The van der Waals surface area contributed by atoms with Crippen LogP contribution >= 0.6 is 11.6 Å². The Morgan fingerprint density at radius 1 is 1.43 bits per heavy atom. The highest BCUT2D eigenvalue weighted by molar-refractivity contribution is 6.32. The number of carbonyl (C=O) groups is 1. The number of halogens is 1. The molecule has 21 heavy (non-hydrogen) atoms. The maximum atomic E-state index is 11.5. The van der Waals surface area contributed by atoms with Crippen molar-refractivity contribution >= 4 is 17.6 Å². The van der Waals surface area contributed by atoms with Crippen molar-refractivity contribution in [2.45, 2.75) is 33.1 Å². The molecule has 0 amide bonds. The van der Waals surface area contributed by atoms with Crippen LogP contribution in [0.5, 0.6) is 0 Å². The van der Waals surface area contributed by atoms with Gasteiger partial charge in [-0.15, -0.1) is 0 Å². The Hall–Kier alpha value is -1.95. The molecule has 0 radical (unpaired) electrons. The summed E-state index contributed by atoms with van der Waals surface area (Å²) in [6.45, 7) is 3.68. The second-order valence-corrected chi connectivity index (χ2v) is 5.22. The molecule has 2 aromatic rings. The van der Waals surface area contributed by atoms with Gasteiger partial charge >= 0.3 is 5.97 Å². The van der Waals surface area contributed by atoms with Gasteiger partial charge in [-0.2, -0.15) is 4.98 Å². The lowest BCUT2D eigenvalue weighted by molar-refractivity contribution is -0.149. The van der Waals surface area contributed by atoms with Crippen molar-refractivity contribution < 1.29 is 14.4 Å². The summed E-state index contributed by atoms with van der Waals surface area (Å²) in [6.07, 6.45) is 2.74. The van der Waals surface area contributed by atoms with Crippen molar-refractivity contribution in [2.75, 3.05) is 0 Å². The minimum absolute atomic E-state index is 0.187. The predicted octanol–water partition coefficient (Wildman–Crippen LogP) is 3.22. The summed E-state index contributed by atoms with van der Waals surface area (Å²) in [4.78, 5) is 19.8. The van der Waals surface area contributed by atoms with E-state index in [2.05, 4.69) is 15.1 Å². The molecular formula is C14H16ClN3O3. The standard InChI is InChI=1S/C14H16ClN3O3/c1-3-14(4-2,13(19)20)8-10-17-12(18-21-10)11-9(15)6-5-7-16-11/h5-7H,3-4,8H2,1-2H3,(H,19,20). The molecule has 2 rings (SSSR count). The quantitative estimate of drug-likeness (QED) is 0.881. The van der Waals surface area contributed by atoms with Gasteiger partial charge in [-0.1, -0.05) is 30.6 Å². The van der Waals surface area contributed by atoms with Crippen LogP contribution in [0.2, 0.25) is 5.02 Å². The highest BCUT2D eigenvalue weighted by Gasteiger charge is 2.37. The van der Waals surface area contributed by atoms with Crippen molar-refractivity contribution in [3.05, 3.63) is 29.2 Å². The topological polar surface area (TPSA) is 89.1 Å². The molecule has 0 aliphatic carbocycles. The van der Waals surface area contributed by atoms with E-state index in [1.807, 2.05) is 13.8 Å². The highest BCUT2D eigenvalue weighted by atomic mass is 35.5. The number of aliphatic carboxylic acids is 1. The first kappa shape index (κ1) is 15.4. The molecule has 2 heterocycles. The number of carboxylic acids is 1. The summed E-state index contributed by atoms with van der Waals surface area (Å²) in [6, 6.07) is 3.38. The summed E-state index contributed by atoms with van der Waals surface area (Å²) in [5, 5.41) is 13.7. The smallest absolute Gasteiger partial charge is 0.310 e. The Morgan fingerprint density at radius 3 is 2.71 bits per heavy atom. The van der Waals surface area contributed by atoms with Gasteiger partial charge < -0.3 is 9.63 Å². The summed E-state index contributed by atoms with van der Waals surface area (Å²) < 4.78 is 5.16.